The lowest BCUT2D eigenvalue weighted by Crippen LogP contribution is -2.25. The first kappa shape index (κ1) is 19.3. The third kappa shape index (κ3) is 6.07. The maximum atomic E-state index is 11.9. The van der Waals surface area contributed by atoms with Crippen molar-refractivity contribution in [2.24, 2.45) is 5.10 Å². The SMILES string of the molecule is CCCc1ccc(C(C)=NNC(=O)COc2ccc(Cl)cc2Cl)cc1. The predicted octanol–water partition coefficient (Wildman–Crippen LogP) is 4.87. The van der Waals surface area contributed by atoms with Crippen molar-refractivity contribution < 1.29 is 9.53 Å². The summed E-state index contributed by atoms with van der Waals surface area (Å²) in [7, 11) is 0. The first-order chi connectivity index (χ1) is 12.0. The van der Waals surface area contributed by atoms with Crippen LogP contribution in [0.4, 0.5) is 0 Å². The molecule has 0 spiro atoms. The number of rotatable bonds is 7. The molecule has 0 radical (unpaired) electrons. The van der Waals surface area contributed by atoms with E-state index in [9.17, 15) is 4.79 Å². The highest BCUT2D eigenvalue weighted by atomic mass is 35.5. The number of hydrogen-bond donors (Lipinski definition) is 1. The number of nitrogens with one attached hydrogen (secondary N) is 1. The van der Waals surface area contributed by atoms with E-state index in [1.165, 1.54) is 5.56 Å². The minimum atomic E-state index is -0.368. The average molecular weight is 379 g/mol. The molecule has 2 aromatic rings. The Kier molecular flexibility index (Phi) is 7.29. The van der Waals surface area contributed by atoms with E-state index in [-0.39, 0.29) is 12.5 Å². The lowest BCUT2D eigenvalue weighted by molar-refractivity contribution is -0.123. The smallest absolute Gasteiger partial charge is 0.277 e. The second-order valence-corrected chi connectivity index (χ2v) is 6.39. The quantitative estimate of drug-likeness (QED) is 0.552. The average Bonchev–Trinajstić information content (AvgIpc) is 2.60. The van der Waals surface area contributed by atoms with Gasteiger partial charge >= 0.3 is 0 Å². The molecule has 0 fully saturated rings. The van der Waals surface area contributed by atoms with Crippen molar-refractivity contribution in [3.05, 3.63) is 63.6 Å². The molecular weight excluding hydrogens is 359 g/mol. The number of halogens is 2. The van der Waals surface area contributed by atoms with Crippen molar-refractivity contribution in [2.45, 2.75) is 26.7 Å². The van der Waals surface area contributed by atoms with Crippen LogP contribution in [0.3, 0.4) is 0 Å². The van der Waals surface area contributed by atoms with Crippen molar-refractivity contribution in [1.29, 1.82) is 0 Å². The lowest BCUT2D eigenvalue weighted by atomic mass is 10.1. The molecule has 0 bridgehead atoms. The van der Waals surface area contributed by atoms with E-state index in [2.05, 4.69) is 29.6 Å². The Morgan fingerprint density at radius 3 is 2.52 bits per heavy atom. The molecule has 0 saturated carbocycles. The monoisotopic (exact) mass is 378 g/mol. The highest BCUT2D eigenvalue weighted by molar-refractivity contribution is 6.35. The van der Waals surface area contributed by atoms with Crippen LogP contribution in [0.1, 0.15) is 31.4 Å². The van der Waals surface area contributed by atoms with Gasteiger partial charge in [0.25, 0.3) is 5.91 Å². The van der Waals surface area contributed by atoms with Crippen LogP contribution in [0.2, 0.25) is 10.0 Å². The molecule has 2 aromatic carbocycles. The van der Waals surface area contributed by atoms with Gasteiger partial charge in [0, 0.05) is 5.02 Å². The minimum absolute atomic E-state index is 0.187. The Labute approximate surface area is 157 Å². The third-order valence-corrected chi connectivity index (χ3v) is 4.04. The number of carbonyl (C=O) groups is 1. The fourth-order valence-corrected chi connectivity index (χ4v) is 2.64. The van der Waals surface area contributed by atoms with E-state index < -0.39 is 0 Å². The summed E-state index contributed by atoms with van der Waals surface area (Å²) in [5.74, 6) is 0.0291. The summed E-state index contributed by atoms with van der Waals surface area (Å²) in [6.07, 6.45) is 2.16. The van der Waals surface area contributed by atoms with Gasteiger partial charge in [0.15, 0.2) is 6.61 Å². The van der Waals surface area contributed by atoms with Gasteiger partial charge in [-0.2, -0.15) is 5.10 Å². The fraction of sp³-hybridized carbons (Fsp3) is 0.263. The van der Waals surface area contributed by atoms with Gasteiger partial charge in [0.1, 0.15) is 5.75 Å². The van der Waals surface area contributed by atoms with E-state index in [1.54, 1.807) is 18.2 Å². The second-order valence-electron chi connectivity index (χ2n) is 5.54. The molecule has 4 nitrogen and oxygen atoms in total. The first-order valence-corrected chi connectivity index (χ1v) is 8.75. The van der Waals surface area contributed by atoms with E-state index in [1.807, 2.05) is 19.1 Å². The molecule has 0 aromatic heterocycles. The molecule has 0 heterocycles. The van der Waals surface area contributed by atoms with Crippen molar-refractivity contribution in [3.63, 3.8) is 0 Å². The Bertz CT molecular complexity index is 759. The largest absolute Gasteiger partial charge is 0.482 e. The summed E-state index contributed by atoms with van der Waals surface area (Å²) < 4.78 is 5.36. The van der Waals surface area contributed by atoms with Gasteiger partial charge in [-0.1, -0.05) is 60.8 Å². The molecule has 2 rings (SSSR count). The van der Waals surface area contributed by atoms with Gasteiger partial charge in [0.2, 0.25) is 0 Å². The molecule has 6 heteroatoms. The minimum Gasteiger partial charge on any atom is -0.482 e. The van der Waals surface area contributed by atoms with Crippen LogP contribution < -0.4 is 10.2 Å². The topological polar surface area (TPSA) is 50.7 Å². The summed E-state index contributed by atoms with van der Waals surface area (Å²) in [5, 5.41) is 4.96. The summed E-state index contributed by atoms with van der Waals surface area (Å²) in [6, 6.07) is 13.0. The summed E-state index contributed by atoms with van der Waals surface area (Å²) in [6.45, 7) is 3.80. The molecular formula is C19H20Cl2N2O2. The van der Waals surface area contributed by atoms with Crippen LogP contribution in [-0.2, 0) is 11.2 Å². The molecule has 0 atom stereocenters. The third-order valence-electron chi connectivity index (χ3n) is 3.51. The van der Waals surface area contributed by atoms with E-state index in [4.69, 9.17) is 27.9 Å². The number of aryl methyl sites for hydroxylation is 1. The molecule has 0 saturated heterocycles. The maximum absolute atomic E-state index is 11.9. The molecule has 1 N–H and O–H groups in total. The Morgan fingerprint density at radius 1 is 1.16 bits per heavy atom. The van der Waals surface area contributed by atoms with E-state index in [0.29, 0.717) is 15.8 Å². The highest BCUT2D eigenvalue weighted by Crippen LogP contribution is 2.27. The van der Waals surface area contributed by atoms with Gasteiger partial charge in [-0.05, 0) is 42.7 Å². The zero-order chi connectivity index (χ0) is 18.2. The fourth-order valence-electron chi connectivity index (χ4n) is 2.18. The number of carbonyl (C=O) groups excluding carboxylic acids is 1. The Hall–Kier alpha value is -2.04. The number of ether oxygens (including phenoxy) is 1. The molecule has 0 aliphatic rings. The summed E-state index contributed by atoms with van der Waals surface area (Å²) in [5.41, 5.74) is 5.45. The summed E-state index contributed by atoms with van der Waals surface area (Å²) >= 11 is 11.8. The number of amides is 1. The molecule has 0 aliphatic heterocycles. The van der Waals surface area contributed by atoms with Gasteiger partial charge in [-0.3, -0.25) is 4.79 Å². The Balaban J connectivity index is 1.88. The first-order valence-electron chi connectivity index (χ1n) is 8.00. The van der Waals surface area contributed by atoms with E-state index in [0.717, 1.165) is 24.1 Å². The number of hydrogen-bond acceptors (Lipinski definition) is 3. The van der Waals surface area contributed by atoms with Gasteiger partial charge in [0.05, 0.1) is 10.7 Å². The van der Waals surface area contributed by atoms with Gasteiger partial charge in [-0.25, -0.2) is 5.43 Å². The lowest BCUT2D eigenvalue weighted by Gasteiger charge is -2.08. The van der Waals surface area contributed by atoms with Gasteiger partial charge < -0.3 is 4.74 Å². The van der Waals surface area contributed by atoms with Crippen molar-refractivity contribution in [2.75, 3.05) is 6.61 Å². The van der Waals surface area contributed by atoms with Crippen LogP contribution in [0.5, 0.6) is 5.75 Å². The van der Waals surface area contributed by atoms with Gasteiger partial charge in [-0.15, -0.1) is 0 Å². The number of hydrazone groups is 1. The molecule has 0 unspecified atom stereocenters. The summed E-state index contributed by atoms with van der Waals surface area (Å²) in [4.78, 5) is 11.9. The van der Waals surface area contributed by atoms with Crippen LogP contribution in [0, 0.1) is 0 Å². The molecule has 1 amide bonds. The normalized spacial score (nSPS) is 11.3. The Morgan fingerprint density at radius 2 is 1.88 bits per heavy atom. The van der Waals surface area contributed by atoms with Crippen LogP contribution >= 0.6 is 23.2 Å². The van der Waals surface area contributed by atoms with Crippen molar-refractivity contribution >= 4 is 34.8 Å². The number of nitrogens with zero attached hydrogens (tertiary/aromatic N) is 1. The van der Waals surface area contributed by atoms with Crippen molar-refractivity contribution in [3.8, 4) is 5.75 Å². The highest BCUT2D eigenvalue weighted by Gasteiger charge is 2.06. The van der Waals surface area contributed by atoms with E-state index >= 15 is 0 Å². The standard InChI is InChI=1S/C19H20Cl2N2O2/c1-3-4-14-5-7-15(8-6-14)13(2)22-23-19(24)12-25-18-10-9-16(20)11-17(18)21/h5-11H,3-4,12H2,1-2H3,(H,23,24). The second kappa shape index (κ2) is 9.44. The molecule has 25 heavy (non-hydrogen) atoms. The number of benzene rings is 2. The maximum Gasteiger partial charge on any atom is 0.277 e. The van der Waals surface area contributed by atoms with Crippen molar-refractivity contribution in [1.82, 2.24) is 5.43 Å². The predicted molar refractivity (Wildman–Crippen MR) is 103 cm³/mol. The van der Waals surface area contributed by atoms with Crippen LogP contribution in [0.25, 0.3) is 0 Å². The molecule has 0 aliphatic carbocycles. The van der Waals surface area contributed by atoms with Crippen LogP contribution in [0.15, 0.2) is 47.6 Å². The zero-order valence-electron chi connectivity index (χ0n) is 14.2. The van der Waals surface area contributed by atoms with Crippen LogP contribution in [-0.4, -0.2) is 18.2 Å². The zero-order valence-corrected chi connectivity index (χ0v) is 15.7. The molecule has 132 valence electrons.